The van der Waals surface area contributed by atoms with Gasteiger partial charge in [-0.15, -0.1) is 0 Å². The summed E-state index contributed by atoms with van der Waals surface area (Å²) in [5.74, 6) is -1.01. The summed E-state index contributed by atoms with van der Waals surface area (Å²) < 4.78 is 0. The highest BCUT2D eigenvalue weighted by Crippen LogP contribution is 2.08. The number of carboxylic acids is 1. The molecule has 1 fully saturated rings. The lowest BCUT2D eigenvalue weighted by molar-refractivity contribution is -0.120. The second-order valence-corrected chi connectivity index (χ2v) is 4.06. The molecule has 0 atom stereocenters. The van der Waals surface area contributed by atoms with Crippen LogP contribution in [0.5, 0.6) is 0 Å². The number of carboxylic acid groups (broad SMARTS) is 1. The molecule has 0 aliphatic carbocycles. The standard InChI is InChI=1S/C11H14N4O3/c16-10-1-3-15(4-2-13-10)6-9-8(11(17)18)5-12-7-14-9/h5,7H,1-4,6H2,(H,13,16)(H,17,18). The van der Waals surface area contributed by atoms with E-state index >= 15 is 0 Å². The number of aromatic nitrogens is 2. The maximum absolute atomic E-state index is 11.2. The highest BCUT2D eigenvalue weighted by molar-refractivity contribution is 5.88. The van der Waals surface area contributed by atoms with E-state index < -0.39 is 5.97 Å². The van der Waals surface area contributed by atoms with E-state index in [1.165, 1.54) is 12.5 Å². The number of hydrogen-bond acceptors (Lipinski definition) is 5. The van der Waals surface area contributed by atoms with Gasteiger partial charge in [-0.3, -0.25) is 9.69 Å². The van der Waals surface area contributed by atoms with Gasteiger partial charge in [0.2, 0.25) is 5.91 Å². The number of aromatic carboxylic acids is 1. The Labute approximate surface area is 104 Å². The summed E-state index contributed by atoms with van der Waals surface area (Å²) in [5.41, 5.74) is 0.591. The minimum atomic E-state index is -1.03. The van der Waals surface area contributed by atoms with Crippen LogP contribution >= 0.6 is 0 Å². The van der Waals surface area contributed by atoms with Gasteiger partial charge in [0.15, 0.2) is 0 Å². The van der Waals surface area contributed by atoms with E-state index in [9.17, 15) is 9.59 Å². The van der Waals surface area contributed by atoms with Crippen molar-refractivity contribution in [1.29, 1.82) is 0 Å². The maximum atomic E-state index is 11.2. The molecule has 7 nitrogen and oxygen atoms in total. The van der Waals surface area contributed by atoms with Gasteiger partial charge in [0, 0.05) is 38.8 Å². The quantitative estimate of drug-likeness (QED) is 0.750. The zero-order chi connectivity index (χ0) is 13.0. The maximum Gasteiger partial charge on any atom is 0.339 e. The number of carbonyl (C=O) groups excluding carboxylic acids is 1. The van der Waals surface area contributed by atoms with E-state index in [2.05, 4.69) is 15.3 Å². The van der Waals surface area contributed by atoms with E-state index in [0.29, 0.717) is 38.3 Å². The normalized spacial score (nSPS) is 17.0. The largest absolute Gasteiger partial charge is 0.478 e. The second kappa shape index (κ2) is 5.54. The first kappa shape index (κ1) is 12.4. The second-order valence-electron chi connectivity index (χ2n) is 4.06. The van der Waals surface area contributed by atoms with Crippen molar-refractivity contribution in [1.82, 2.24) is 20.2 Å². The number of nitrogens with zero attached hydrogens (tertiary/aromatic N) is 3. The van der Waals surface area contributed by atoms with Crippen molar-refractivity contribution in [3.05, 3.63) is 23.8 Å². The minimum absolute atomic E-state index is 0.0265. The van der Waals surface area contributed by atoms with Gasteiger partial charge in [-0.2, -0.15) is 0 Å². The van der Waals surface area contributed by atoms with Crippen LogP contribution in [-0.4, -0.2) is 51.5 Å². The molecule has 2 N–H and O–H groups in total. The van der Waals surface area contributed by atoms with Crippen LogP contribution in [0.3, 0.4) is 0 Å². The number of rotatable bonds is 3. The number of hydrogen-bond donors (Lipinski definition) is 2. The van der Waals surface area contributed by atoms with Crippen molar-refractivity contribution in [3.8, 4) is 0 Å². The van der Waals surface area contributed by atoms with Crippen molar-refractivity contribution in [2.45, 2.75) is 13.0 Å². The highest BCUT2D eigenvalue weighted by Gasteiger charge is 2.17. The molecule has 1 aromatic rings. The molecular formula is C11H14N4O3. The molecule has 0 bridgehead atoms. The molecule has 0 spiro atoms. The Morgan fingerprint density at radius 2 is 2.33 bits per heavy atom. The summed E-state index contributed by atoms with van der Waals surface area (Å²) >= 11 is 0. The van der Waals surface area contributed by atoms with Crippen molar-refractivity contribution >= 4 is 11.9 Å². The Morgan fingerprint density at radius 1 is 1.50 bits per heavy atom. The fraction of sp³-hybridized carbons (Fsp3) is 0.455. The molecule has 0 radical (unpaired) electrons. The zero-order valence-electron chi connectivity index (χ0n) is 9.80. The predicted octanol–water partition coefficient (Wildman–Crippen LogP) is -0.503. The van der Waals surface area contributed by atoms with Gasteiger partial charge >= 0.3 is 5.97 Å². The van der Waals surface area contributed by atoms with Gasteiger partial charge in [0.05, 0.1) is 5.69 Å². The van der Waals surface area contributed by atoms with Gasteiger partial charge in [-0.05, 0) is 0 Å². The summed E-state index contributed by atoms with van der Waals surface area (Å²) in [7, 11) is 0. The third-order valence-electron chi connectivity index (χ3n) is 2.80. The lowest BCUT2D eigenvalue weighted by Crippen LogP contribution is -2.29. The summed E-state index contributed by atoms with van der Waals surface area (Å²) in [6.07, 6.45) is 3.06. The SMILES string of the molecule is O=C1CCN(Cc2ncncc2C(=O)O)CCN1. The van der Waals surface area contributed by atoms with Gasteiger partial charge < -0.3 is 10.4 Å². The average Bonchev–Trinajstić information content (AvgIpc) is 2.55. The van der Waals surface area contributed by atoms with E-state index in [-0.39, 0.29) is 11.5 Å². The van der Waals surface area contributed by atoms with Gasteiger partial charge in [-0.1, -0.05) is 0 Å². The van der Waals surface area contributed by atoms with Gasteiger partial charge in [-0.25, -0.2) is 14.8 Å². The van der Waals surface area contributed by atoms with Crippen LogP contribution in [0, 0.1) is 0 Å². The van der Waals surface area contributed by atoms with Crippen LogP contribution in [0.15, 0.2) is 12.5 Å². The zero-order valence-corrected chi connectivity index (χ0v) is 9.80. The first-order chi connectivity index (χ1) is 8.66. The van der Waals surface area contributed by atoms with E-state index in [1.807, 2.05) is 4.90 Å². The molecule has 96 valence electrons. The Hall–Kier alpha value is -2.02. The van der Waals surface area contributed by atoms with E-state index in [4.69, 9.17) is 5.11 Å². The Kier molecular flexibility index (Phi) is 3.83. The Morgan fingerprint density at radius 3 is 3.11 bits per heavy atom. The molecule has 2 heterocycles. The van der Waals surface area contributed by atoms with E-state index in [0.717, 1.165) is 0 Å². The molecule has 1 aromatic heterocycles. The number of amides is 1. The first-order valence-corrected chi connectivity index (χ1v) is 5.68. The van der Waals surface area contributed by atoms with Crippen LogP contribution in [0.4, 0.5) is 0 Å². The lowest BCUT2D eigenvalue weighted by atomic mass is 10.2. The van der Waals surface area contributed by atoms with Crippen molar-refractivity contribution in [2.24, 2.45) is 0 Å². The Bertz CT molecular complexity index is 463. The fourth-order valence-electron chi connectivity index (χ4n) is 1.84. The van der Waals surface area contributed by atoms with Gasteiger partial charge in [0.25, 0.3) is 0 Å². The average molecular weight is 250 g/mol. The molecule has 1 saturated heterocycles. The third-order valence-corrected chi connectivity index (χ3v) is 2.80. The number of nitrogens with one attached hydrogen (secondary N) is 1. The molecule has 1 aliphatic rings. The van der Waals surface area contributed by atoms with Crippen molar-refractivity contribution in [2.75, 3.05) is 19.6 Å². The Balaban J connectivity index is 2.09. The number of carbonyl (C=O) groups is 2. The highest BCUT2D eigenvalue weighted by atomic mass is 16.4. The molecule has 0 aromatic carbocycles. The van der Waals surface area contributed by atoms with Crippen molar-refractivity contribution < 1.29 is 14.7 Å². The van der Waals surface area contributed by atoms with E-state index in [1.54, 1.807) is 0 Å². The third kappa shape index (κ3) is 3.01. The summed E-state index contributed by atoms with van der Waals surface area (Å²) in [4.78, 5) is 31.9. The molecule has 18 heavy (non-hydrogen) atoms. The first-order valence-electron chi connectivity index (χ1n) is 5.68. The molecule has 0 unspecified atom stereocenters. The van der Waals surface area contributed by atoms with Gasteiger partial charge in [0.1, 0.15) is 11.9 Å². The van der Waals surface area contributed by atoms with Crippen molar-refractivity contribution in [3.63, 3.8) is 0 Å². The minimum Gasteiger partial charge on any atom is -0.478 e. The molecule has 1 aliphatic heterocycles. The monoisotopic (exact) mass is 250 g/mol. The summed E-state index contributed by atoms with van der Waals surface area (Å²) in [6.45, 7) is 2.29. The smallest absolute Gasteiger partial charge is 0.339 e. The molecule has 0 saturated carbocycles. The molecule has 2 rings (SSSR count). The summed E-state index contributed by atoms with van der Waals surface area (Å²) in [6, 6.07) is 0. The lowest BCUT2D eigenvalue weighted by Gasteiger charge is -2.18. The molecule has 1 amide bonds. The molecule has 7 heteroatoms. The molecular weight excluding hydrogens is 236 g/mol. The van der Waals surface area contributed by atoms with Crippen LogP contribution in [0.1, 0.15) is 22.5 Å². The summed E-state index contributed by atoms with van der Waals surface area (Å²) in [5, 5.41) is 11.8. The van der Waals surface area contributed by atoms with Crippen LogP contribution in [-0.2, 0) is 11.3 Å². The fourth-order valence-corrected chi connectivity index (χ4v) is 1.84. The predicted molar refractivity (Wildman–Crippen MR) is 61.9 cm³/mol. The van der Waals surface area contributed by atoms with Crippen LogP contribution in [0.2, 0.25) is 0 Å². The van der Waals surface area contributed by atoms with Crippen LogP contribution < -0.4 is 5.32 Å². The van der Waals surface area contributed by atoms with Crippen LogP contribution in [0.25, 0.3) is 0 Å². The topological polar surface area (TPSA) is 95.4 Å².